The van der Waals surface area contributed by atoms with Gasteiger partial charge in [0.1, 0.15) is 0 Å². The van der Waals surface area contributed by atoms with E-state index in [1.165, 1.54) is 10.1 Å². The third-order valence-electron chi connectivity index (χ3n) is 3.41. The number of fused-ring (bicyclic) bond motifs is 1. The lowest BCUT2D eigenvalue weighted by Gasteiger charge is -2.19. The van der Waals surface area contributed by atoms with Crippen LogP contribution in [0.1, 0.15) is 26.3 Å². The monoisotopic (exact) mass is 267 g/mol. The molecule has 0 spiro atoms. The lowest BCUT2D eigenvalue weighted by atomic mass is 9.86. The second-order valence-corrected chi connectivity index (χ2v) is 5.97. The van der Waals surface area contributed by atoms with Gasteiger partial charge < -0.3 is 0 Å². The summed E-state index contributed by atoms with van der Waals surface area (Å²) in [5.41, 5.74) is 3.51. The standard InChI is InChI=1S/C16H17N3O/c1-16(2,3)12-6-4-5-11(9-12)13-10-15(20)19-14(18-13)7-8-17-19/h4-10,17H,1-3H3. The molecule has 4 nitrogen and oxygen atoms in total. The molecule has 3 aromatic rings. The minimum atomic E-state index is -0.101. The van der Waals surface area contributed by atoms with Gasteiger partial charge in [-0.15, -0.1) is 0 Å². The molecule has 0 aliphatic heterocycles. The van der Waals surface area contributed by atoms with E-state index in [4.69, 9.17) is 0 Å². The van der Waals surface area contributed by atoms with Crippen LogP contribution in [0.2, 0.25) is 0 Å². The summed E-state index contributed by atoms with van der Waals surface area (Å²) < 4.78 is 1.43. The van der Waals surface area contributed by atoms with Crippen LogP contribution in [-0.4, -0.2) is 14.6 Å². The van der Waals surface area contributed by atoms with Crippen molar-refractivity contribution < 1.29 is 0 Å². The number of H-pyrrole nitrogens is 1. The van der Waals surface area contributed by atoms with Crippen LogP contribution in [0.5, 0.6) is 0 Å². The van der Waals surface area contributed by atoms with Crippen molar-refractivity contribution in [3.05, 3.63) is 58.5 Å². The van der Waals surface area contributed by atoms with Crippen LogP contribution >= 0.6 is 0 Å². The minimum Gasteiger partial charge on any atom is -0.297 e. The molecule has 0 bridgehead atoms. The third kappa shape index (κ3) is 2.13. The highest BCUT2D eigenvalue weighted by Gasteiger charge is 2.14. The SMILES string of the molecule is CC(C)(C)c1cccc(-c2cc(=O)n3[nH]ccc3n2)c1. The fourth-order valence-electron chi connectivity index (χ4n) is 2.22. The Balaban J connectivity index is 2.18. The van der Waals surface area contributed by atoms with Crippen LogP contribution in [0.15, 0.2) is 47.4 Å². The van der Waals surface area contributed by atoms with Gasteiger partial charge in [-0.05, 0) is 17.0 Å². The van der Waals surface area contributed by atoms with Crippen molar-refractivity contribution in [3.63, 3.8) is 0 Å². The maximum atomic E-state index is 12.0. The molecule has 0 amide bonds. The number of aromatic amines is 1. The van der Waals surface area contributed by atoms with Gasteiger partial charge in [-0.1, -0.05) is 39.0 Å². The average molecular weight is 267 g/mol. The van der Waals surface area contributed by atoms with Gasteiger partial charge in [0.2, 0.25) is 0 Å². The van der Waals surface area contributed by atoms with Gasteiger partial charge in [-0.2, -0.15) is 0 Å². The van der Waals surface area contributed by atoms with E-state index < -0.39 is 0 Å². The molecule has 2 heterocycles. The van der Waals surface area contributed by atoms with Crippen LogP contribution in [0.3, 0.4) is 0 Å². The summed E-state index contributed by atoms with van der Waals surface area (Å²) in [6.07, 6.45) is 1.71. The van der Waals surface area contributed by atoms with Crippen LogP contribution in [0, 0.1) is 0 Å². The lowest BCUT2D eigenvalue weighted by molar-refractivity contribution is 0.590. The van der Waals surface area contributed by atoms with Crippen molar-refractivity contribution in [3.8, 4) is 11.3 Å². The van der Waals surface area contributed by atoms with Gasteiger partial charge in [0.05, 0.1) is 5.69 Å². The molecule has 3 rings (SSSR count). The molecule has 2 aromatic heterocycles. The number of rotatable bonds is 1. The summed E-state index contributed by atoms with van der Waals surface area (Å²) in [5, 5.41) is 2.84. The summed E-state index contributed by atoms with van der Waals surface area (Å²) in [5.74, 6) is 0. The molecule has 1 N–H and O–H groups in total. The van der Waals surface area contributed by atoms with Crippen molar-refractivity contribution in [2.75, 3.05) is 0 Å². The van der Waals surface area contributed by atoms with Crippen molar-refractivity contribution in [2.24, 2.45) is 0 Å². The molecule has 1 aromatic carbocycles. The summed E-state index contributed by atoms with van der Waals surface area (Å²) in [6.45, 7) is 6.51. The fraction of sp³-hybridized carbons (Fsp3) is 0.250. The summed E-state index contributed by atoms with van der Waals surface area (Å²) >= 11 is 0. The first-order chi connectivity index (χ1) is 9.45. The van der Waals surface area contributed by atoms with E-state index in [1.54, 1.807) is 18.3 Å². The normalized spacial score (nSPS) is 11.9. The summed E-state index contributed by atoms with van der Waals surface area (Å²) in [7, 11) is 0. The maximum Gasteiger partial charge on any atom is 0.273 e. The Kier molecular flexibility index (Phi) is 2.74. The number of benzene rings is 1. The van der Waals surface area contributed by atoms with Crippen molar-refractivity contribution >= 4 is 5.65 Å². The van der Waals surface area contributed by atoms with Gasteiger partial charge in [0.25, 0.3) is 5.56 Å². The summed E-state index contributed by atoms with van der Waals surface area (Å²) in [6, 6.07) is 11.6. The number of hydrogen-bond acceptors (Lipinski definition) is 2. The zero-order valence-electron chi connectivity index (χ0n) is 11.8. The Bertz CT molecular complexity index is 821. The highest BCUT2D eigenvalue weighted by Crippen LogP contribution is 2.26. The number of hydrogen-bond donors (Lipinski definition) is 1. The van der Waals surface area contributed by atoms with E-state index in [0.717, 1.165) is 5.56 Å². The highest BCUT2D eigenvalue weighted by molar-refractivity contribution is 5.62. The van der Waals surface area contributed by atoms with E-state index in [9.17, 15) is 4.79 Å². The van der Waals surface area contributed by atoms with Gasteiger partial charge in [-0.3, -0.25) is 9.89 Å². The van der Waals surface area contributed by atoms with E-state index in [-0.39, 0.29) is 11.0 Å². The Hall–Kier alpha value is -2.36. The fourth-order valence-corrected chi connectivity index (χ4v) is 2.22. The van der Waals surface area contributed by atoms with Gasteiger partial charge in [0.15, 0.2) is 5.65 Å². The molecule has 4 heteroatoms. The molecule has 0 unspecified atom stereocenters. The summed E-state index contributed by atoms with van der Waals surface area (Å²) in [4.78, 5) is 16.5. The first kappa shape index (κ1) is 12.7. The number of nitrogens with one attached hydrogen (secondary N) is 1. The van der Waals surface area contributed by atoms with Gasteiger partial charge in [-0.25, -0.2) is 9.50 Å². The molecule has 0 saturated carbocycles. The molecule has 102 valence electrons. The zero-order chi connectivity index (χ0) is 14.3. The van der Waals surface area contributed by atoms with Crippen molar-refractivity contribution in [2.45, 2.75) is 26.2 Å². The maximum absolute atomic E-state index is 12.0. The first-order valence-electron chi connectivity index (χ1n) is 6.63. The Labute approximate surface area is 117 Å². The van der Waals surface area contributed by atoms with E-state index in [2.05, 4.69) is 43.0 Å². The predicted octanol–water partition coefficient (Wildman–Crippen LogP) is 2.99. The predicted molar refractivity (Wildman–Crippen MR) is 79.9 cm³/mol. The second kappa shape index (κ2) is 4.34. The number of nitrogens with zero attached hydrogens (tertiary/aromatic N) is 2. The van der Waals surface area contributed by atoms with E-state index in [0.29, 0.717) is 11.3 Å². The van der Waals surface area contributed by atoms with Crippen molar-refractivity contribution in [1.82, 2.24) is 14.6 Å². The van der Waals surface area contributed by atoms with Gasteiger partial charge >= 0.3 is 0 Å². The van der Waals surface area contributed by atoms with Crippen LogP contribution in [-0.2, 0) is 5.41 Å². The van der Waals surface area contributed by atoms with Crippen LogP contribution in [0.4, 0.5) is 0 Å². The third-order valence-corrected chi connectivity index (χ3v) is 3.41. The Morgan fingerprint density at radius 2 is 1.95 bits per heavy atom. The quantitative estimate of drug-likeness (QED) is 0.737. The number of aromatic nitrogens is 3. The molecule has 0 aliphatic rings. The second-order valence-electron chi connectivity index (χ2n) is 5.97. The lowest BCUT2D eigenvalue weighted by Crippen LogP contribution is -2.14. The molecule has 0 aliphatic carbocycles. The molecule has 20 heavy (non-hydrogen) atoms. The first-order valence-corrected chi connectivity index (χ1v) is 6.63. The van der Waals surface area contributed by atoms with Crippen LogP contribution in [0.25, 0.3) is 16.9 Å². The van der Waals surface area contributed by atoms with Crippen molar-refractivity contribution in [1.29, 1.82) is 0 Å². The highest BCUT2D eigenvalue weighted by atomic mass is 16.1. The Morgan fingerprint density at radius 3 is 2.70 bits per heavy atom. The van der Waals surface area contributed by atoms with E-state index >= 15 is 0 Å². The Morgan fingerprint density at radius 1 is 1.15 bits per heavy atom. The smallest absolute Gasteiger partial charge is 0.273 e. The molecule has 0 fully saturated rings. The largest absolute Gasteiger partial charge is 0.297 e. The van der Waals surface area contributed by atoms with Gasteiger partial charge in [0, 0.05) is 23.9 Å². The van der Waals surface area contributed by atoms with E-state index in [1.807, 2.05) is 12.1 Å². The zero-order valence-corrected chi connectivity index (χ0v) is 11.8. The minimum absolute atomic E-state index is 0.0727. The molecular formula is C16H17N3O. The van der Waals surface area contributed by atoms with Crippen LogP contribution < -0.4 is 5.56 Å². The average Bonchev–Trinajstić information content (AvgIpc) is 2.87. The topological polar surface area (TPSA) is 50.2 Å². The molecule has 0 radical (unpaired) electrons. The molecular weight excluding hydrogens is 250 g/mol. The molecule has 0 atom stereocenters. The molecule has 0 saturated heterocycles.